The number of rotatable bonds is 7. The van der Waals surface area contributed by atoms with Crippen LogP contribution in [0.25, 0.3) is 5.57 Å². The molecular formula is C16H22F2N2. The van der Waals surface area contributed by atoms with E-state index >= 15 is 0 Å². The molecule has 20 heavy (non-hydrogen) atoms. The molecule has 1 aromatic carbocycles. The third-order valence-electron chi connectivity index (χ3n) is 3.31. The van der Waals surface area contributed by atoms with Crippen molar-refractivity contribution in [3.05, 3.63) is 40.6 Å². The lowest BCUT2D eigenvalue weighted by Gasteiger charge is -2.15. The number of hydrogen-bond acceptors (Lipinski definition) is 2. The number of aryl methyl sites for hydroxylation is 2. The van der Waals surface area contributed by atoms with Gasteiger partial charge in [-0.1, -0.05) is 19.4 Å². The lowest BCUT2D eigenvalue weighted by molar-refractivity contribution is 0.151. The molecule has 1 rings (SSSR count). The van der Waals surface area contributed by atoms with Crippen LogP contribution in [0.15, 0.2) is 18.3 Å². The molecule has 0 saturated heterocycles. The fourth-order valence-electron chi connectivity index (χ4n) is 2.19. The monoisotopic (exact) mass is 280 g/mol. The maximum Gasteiger partial charge on any atom is 0.264 e. The molecular weight excluding hydrogens is 258 g/mol. The summed E-state index contributed by atoms with van der Waals surface area (Å²) in [7, 11) is 1.69. The Hall–Kier alpha value is -1.71. The first-order valence-corrected chi connectivity index (χ1v) is 6.85. The summed E-state index contributed by atoms with van der Waals surface area (Å²) >= 11 is 0. The quantitative estimate of drug-likeness (QED) is 0.709. The van der Waals surface area contributed by atoms with Gasteiger partial charge in [0.2, 0.25) is 0 Å². The van der Waals surface area contributed by atoms with Crippen LogP contribution >= 0.6 is 0 Å². The molecule has 0 unspecified atom stereocenters. The maximum atomic E-state index is 13.2. The fraction of sp³-hybridized carbons (Fsp3) is 0.438. The minimum absolute atomic E-state index is 0.00671. The molecule has 0 aliphatic carbocycles. The van der Waals surface area contributed by atoms with E-state index in [9.17, 15) is 8.78 Å². The van der Waals surface area contributed by atoms with Gasteiger partial charge < -0.3 is 10.7 Å². The number of nitrogens with one attached hydrogen (secondary N) is 2. The van der Waals surface area contributed by atoms with Crippen molar-refractivity contribution >= 4 is 11.8 Å². The number of alkyl halides is 2. The number of hydrogen-bond donors (Lipinski definition) is 2. The van der Waals surface area contributed by atoms with Crippen LogP contribution in [0.5, 0.6) is 0 Å². The summed E-state index contributed by atoms with van der Waals surface area (Å²) in [5.74, 6) is 0. The Balaban J connectivity index is 3.36. The third kappa shape index (κ3) is 3.89. The maximum absolute atomic E-state index is 13.2. The van der Waals surface area contributed by atoms with Crippen LogP contribution < -0.4 is 5.32 Å². The minimum atomic E-state index is -2.54. The summed E-state index contributed by atoms with van der Waals surface area (Å²) in [6.07, 6.45) is 3.12. The topological polar surface area (TPSA) is 35.9 Å². The van der Waals surface area contributed by atoms with Crippen LogP contribution in [0, 0.1) is 12.3 Å². The average Bonchev–Trinajstić information content (AvgIpc) is 2.43. The highest BCUT2D eigenvalue weighted by molar-refractivity contribution is 6.08. The van der Waals surface area contributed by atoms with E-state index in [1.165, 1.54) is 0 Å². The van der Waals surface area contributed by atoms with E-state index in [4.69, 9.17) is 5.41 Å². The van der Waals surface area contributed by atoms with Crippen LogP contribution in [0.3, 0.4) is 0 Å². The average molecular weight is 280 g/mol. The highest BCUT2D eigenvalue weighted by Gasteiger charge is 2.17. The molecule has 0 atom stereocenters. The SMILES string of the molecule is CCCCc1cc(/C(C=N)=C/NC)c(C(F)F)cc1C. The summed E-state index contributed by atoms with van der Waals surface area (Å²) in [6, 6.07) is 3.36. The standard InChI is InChI=1S/C16H22F2N2/c1-4-5-6-12-8-14(13(9-19)10-20-3)15(16(17)18)7-11(12)2/h7-10,16,19-20H,4-6H2,1-3H3/b13-10+,19-9?. The summed E-state index contributed by atoms with van der Waals surface area (Å²) < 4.78 is 26.4. The van der Waals surface area contributed by atoms with Crippen LogP contribution in [-0.2, 0) is 6.42 Å². The van der Waals surface area contributed by atoms with Gasteiger partial charge in [-0.25, -0.2) is 8.78 Å². The first-order chi connectivity index (χ1) is 9.54. The van der Waals surface area contributed by atoms with E-state index in [2.05, 4.69) is 12.2 Å². The lowest BCUT2D eigenvalue weighted by atomic mass is 9.92. The minimum Gasteiger partial charge on any atom is -0.393 e. The second-order valence-corrected chi connectivity index (χ2v) is 4.80. The van der Waals surface area contributed by atoms with Crippen molar-refractivity contribution in [3.8, 4) is 0 Å². The summed E-state index contributed by atoms with van der Waals surface area (Å²) in [5.41, 5.74) is 2.88. The largest absolute Gasteiger partial charge is 0.393 e. The molecule has 0 spiro atoms. The van der Waals surface area contributed by atoms with Crippen molar-refractivity contribution < 1.29 is 8.78 Å². The van der Waals surface area contributed by atoms with Gasteiger partial charge in [-0.05, 0) is 42.5 Å². The van der Waals surface area contributed by atoms with Gasteiger partial charge in [-0.2, -0.15) is 0 Å². The molecule has 0 amide bonds. The second kappa shape index (κ2) is 7.78. The van der Waals surface area contributed by atoms with Crippen molar-refractivity contribution in [2.75, 3.05) is 7.05 Å². The van der Waals surface area contributed by atoms with Gasteiger partial charge >= 0.3 is 0 Å². The Morgan fingerprint density at radius 3 is 2.60 bits per heavy atom. The van der Waals surface area contributed by atoms with Gasteiger partial charge in [-0.15, -0.1) is 0 Å². The van der Waals surface area contributed by atoms with E-state index < -0.39 is 6.43 Å². The predicted molar refractivity (Wildman–Crippen MR) is 80.6 cm³/mol. The van der Waals surface area contributed by atoms with E-state index in [1.807, 2.05) is 6.92 Å². The van der Waals surface area contributed by atoms with Crippen LogP contribution in [-0.4, -0.2) is 13.3 Å². The number of benzene rings is 1. The van der Waals surface area contributed by atoms with Crippen molar-refractivity contribution in [2.45, 2.75) is 39.5 Å². The van der Waals surface area contributed by atoms with E-state index in [0.29, 0.717) is 11.1 Å². The van der Waals surface area contributed by atoms with Gasteiger partial charge in [-0.3, -0.25) is 0 Å². The molecule has 0 saturated carbocycles. The van der Waals surface area contributed by atoms with E-state index in [-0.39, 0.29) is 5.56 Å². The Morgan fingerprint density at radius 2 is 2.10 bits per heavy atom. The first-order valence-electron chi connectivity index (χ1n) is 6.85. The van der Waals surface area contributed by atoms with Gasteiger partial charge in [0.1, 0.15) is 0 Å². The molecule has 1 aromatic rings. The first kappa shape index (κ1) is 16.3. The van der Waals surface area contributed by atoms with Gasteiger partial charge in [0, 0.05) is 30.6 Å². The molecule has 0 heterocycles. The van der Waals surface area contributed by atoms with Crippen molar-refractivity contribution in [1.29, 1.82) is 5.41 Å². The summed E-state index contributed by atoms with van der Waals surface area (Å²) in [6.45, 7) is 3.97. The van der Waals surface area contributed by atoms with Gasteiger partial charge in [0.25, 0.3) is 6.43 Å². The molecule has 0 fully saturated rings. The number of unbranched alkanes of at least 4 members (excludes halogenated alkanes) is 1. The molecule has 4 heteroatoms. The molecule has 110 valence electrons. The zero-order chi connectivity index (χ0) is 15.1. The zero-order valence-electron chi connectivity index (χ0n) is 12.3. The highest BCUT2D eigenvalue weighted by atomic mass is 19.3. The Labute approximate surface area is 119 Å². The van der Waals surface area contributed by atoms with Crippen molar-refractivity contribution in [3.63, 3.8) is 0 Å². The van der Waals surface area contributed by atoms with Crippen molar-refractivity contribution in [1.82, 2.24) is 5.32 Å². The van der Waals surface area contributed by atoms with Crippen LogP contribution in [0.1, 0.15) is 48.4 Å². The summed E-state index contributed by atoms with van der Waals surface area (Å²) in [4.78, 5) is 0. The predicted octanol–water partition coefficient (Wildman–Crippen LogP) is 4.49. The normalized spacial score (nSPS) is 11.8. The van der Waals surface area contributed by atoms with Crippen molar-refractivity contribution in [2.24, 2.45) is 0 Å². The van der Waals surface area contributed by atoms with E-state index in [0.717, 1.165) is 36.6 Å². The lowest BCUT2D eigenvalue weighted by Crippen LogP contribution is -2.03. The second-order valence-electron chi connectivity index (χ2n) is 4.80. The van der Waals surface area contributed by atoms with Crippen LogP contribution in [0.2, 0.25) is 0 Å². The van der Waals surface area contributed by atoms with Gasteiger partial charge in [0.05, 0.1) is 0 Å². The number of halogens is 2. The Bertz CT molecular complexity index is 493. The molecule has 0 aliphatic heterocycles. The molecule has 2 nitrogen and oxygen atoms in total. The van der Waals surface area contributed by atoms with Crippen LogP contribution in [0.4, 0.5) is 8.78 Å². The zero-order valence-corrected chi connectivity index (χ0v) is 12.3. The third-order valence-corrected chi connectivity index (χ3v) is 3.31. The molecule has 2 N–H and O–H groups in total. The molecule has 0 radical (unpaired) electrons. The smallest absolute Gasteiger partial charge is 0.264 e. The molecule has 0 aliphatic rings. The van der Waals surface area contributed by atoms with E-state index in [1.54, 1.807) is 25.4 Å². The molecule has 0 bridgehead atoms. The summed E-state index contributed by atoms with van der Waals surface area (Å²) in [5, 5.41) is 10.2. The fourth-order valence-corrected chi connectivity index (χ4v) is 2.19. The Morgan fingerprint density at radius 1 is 1.40 bits per heavy atom. The Kier molecular flexibility index (Phi) is 6.36. The van der Waals surface area contributed by atoms with Gasteiger partial charge in [0.15, 0.2) is 0 Å². The number of allylic oxidation sites excluding steroid dienone is 1. The highest BCUT2D eigenvalue weighted by Crippen LogP contribution is 2.30. The molecule has 0 aromatic heterocycles.